The highest BCUT2D eigenvalue weighted by molar-refractivity contribution is 6.10. The molecule has 0 saturated carbocycles. The molecule has 0 bridgehead atoms. The number of aliphatic imine (C=N–C) groups is 1. The number of aryl methyl sites for hydroxylation is 5. The van der Waals surface area contributed by atoms with E-state index in [9.17, 15) is 0 Å². The normalized spacial score (nSPS) is 21.8. The monoisotopic (exact) mass is 645 g/mol. The smallest absolute Gasteiger partial charge is 0.218 e. The van der Waals surface area contributed by atoms with Gasteiger partial charge in [-0.05, 0) is 118 Å². The second-order valence-corrected chi connectivity index (χ2v) is 15.6. The molecule has 1 aliphatic carbocycles. The van der Waals surface area contributed by atoms with Gasteiger partial charge in [0.05, 0.1) is 11.2 Å². The van der Waals surface area contributed by atoms with Gasteiger partial charge in [-0.2, -0.15) is 0 Å². The zero-order chi connectivity index (χ0) is 34.0. The van der Waals surface area contributed by atoms with Crippen LogP contribution in [0.5, 0.6) is 11.5 Å². The lowest BCUT2D eigenvalue weighted by molar-refractivity contribution is 0.0284. The zero-order valence-electron chi connectivity index (χ0n) is 29.8. The third-order valence-corrected chi connectivity index (χ3v) is 11.9. The van der Waals surface area contributed by atoms with Crippen LogP contribution < -0.4 is 4.74 Å². The Morgan fingerprint density at radius 3 is 2.35 bits per heavy atom. The van der Waals surface area contributed by atoms with E-state index in [1.165, 1.54) is 38.5 Å². The van der Waals surface area contributed by atoms with Crippen molar-refractivity contribution in [3.63, 3.8) is 0 Å². The maximum atomic E-state index is 6.99. The number of rotatable bonds is 3. The first-order valence-electron chi connectivity index (χ1n) is 17.6. The number of para-hydroxylation sites is 1. The summed E-state index contributed by atoms with van der Waals surface area (Å²) in [6.07, 6.45) is 5.08. The van der Waals surface area contributed by atoms with Crippen LogP contribution in [0.25, 0.3) is 27.6 Å². The average Bonchev–Trinajstić information content (AvgIpc) is 3.49. The van der Waals surface area contributed by atoms with Gasteiger partial charge in [0, 0.05) is 39.6 Å². The van der Waals surface area contributed by atoms with Crippen LogP contribution in [-0.2, 0) is 22.2 Å². The lowest BCUT2D eigenvalue weighted by Crippen LogP contribution is -2.43. The number of hydrogen-bond acceptors (Lipinski definition) is 4. The molecule has 5 heteroatoms. The lowest BCUT2D eigenvalue weighted by Gasteiger charge is -2.37. The third-order valence-electron chi connectivity index (χ3n) is 11.9. The maximum Gasteiger partial charge on any atom is 0.218 e. The van der Waals surface area contributed by atoms with Crippen molar-refractivity contribution in [2.75, 3.05) is 0 Å². The second-order valence-electron chi connectivity index (χ2n) is 15.6. The molecule has 3 aliphatic rings. The lowest BCUT2D eigenvalue weighted by atomic mass is 9.74. The van der Waals surface area contributed by atoms with Crippen molar-refractivity contribution in [2.45, 2.75) is 91.2 Å². The van der Waals surface area contributed by atoms with Gasteiger partial charge in [-0.15, -0.1) is 0 Å². The van der Waals surface area contributed by atoms with Gasteiger partial charge in [-0.1, -0.05) is 62.4 Å². The fraction of sp³-hybridized carbons (Fsp3) is 0.318. The summed E-state index contributed by atoms with van der Waals surface area (Å²) >= 11 is 0. The molecule has 246 valence electrons. The Morgan fingerprint density at radius 2 is 1.51 bits per heavy atom. The van der Waals surface area contributed by atoms with Crippen molar-refractivity contribution in [3.05, 3.63) is 129 Å². The minimum Gasteiger partial charge on any atom is -0.464 e. The third kappa shape index (κ3) is 4.11. The summed E-state index contributed by atoms with van der Waals surface area (Å²) in [5, 5.41) is 2.42. The Balaban J connectivity index is 1.16. The van der Waals surface area contributed by atoms with Crippen LogP contribution >= 0.6 is 0 Å². The van der Waals surface area contributed by atoms with E-state index in [4.69, 9.17) is 19.5 Å². The fourth-order valence-electron chi connectivity index (χ4n) is 8.93. The molecule has 5 nitrogen and oxygen atoms in total. The quantitative estimate of drug-likeness (QED) is 0.192. The highest BCUT2D eigenvalue weighted by Gasteiger charge is 2.55. The largest absolute Gasteiger partial charge is 0.464 e. The molecule has 4 heterocycles. The number of aromatic nitrogens is 2. The Hall–Kier alpha value is -4.90. The summed E-state index contributed by atoms with van der Waals surface area (Å²) in [7, 11) is 0. The predicted molar refractivity (Wildman–Crippen MR) is 199 cm³/mol. The van der Waals surface area contributed by atoms with Crippen molar-refractivity contribution in [2.24, 2.45) is 4.99 Å². The molecule has 0 fully saturated rings. The van der Waals surface area contributed by atoms with Crippen LogP contribution in [0.4, 0.5) is 0 Å². The molecular formula is C44H43N3O2. The van der Waals surface area contributed by atoms with Gasteiger partial charge in [0.1, 0.15) is 22.7 Å². The van der Waals surface area contributed by atoms with E-state index in [-0.39, 0.29) is 11.0 Å². The van der Waals surface area contributed by atoms with E-state index < -0.39 is 5.60 Å². The van der Waals surface area contributed by atoms with E-state index in [1.54, 1.807) is 0 Å². The number of nitrogens with zero attached hydrogens (tertiary/aromatic N) is 3. The molecule has 0 radical (unpaired) electrons. The summed E-state index contributed by atoms with van der Waals surface area (Å²) in [4.78, 5) is 10.4. The van der Waals surface area contributed by atoms with Gasteiger partial charge >= 0.3 is 0 Å². The summed E-state index contributed by atoms with van der Waals surface area (Å²) in [6.45, 7) is 17.7. The van der Waals surface area contributed by atoms with E-state index in [0.717, 1.165) is 69.9 Å². The molecule has 2 atom stereocenters. The fourth-order valence-corrected chi connectivity index (χ4v) is 8.93. The first-order chi connectivity index (χ1) is 23.4. The van der Waals surface area contributed by atoms with Crippen LogP contribution in [-0.4, -0.2) is 21.0 Å². The molecule has 2 aromatic heterocycles. The standard InChI is InChI=1S/C44H43N3O2/c1-25-19-32-30-15-11-17-34-39(30)47(40(32)45-24-25)36-23-38(28(4)21-35(36)42(34,5)6)48-37-22-31(26(2)20-27(37)3)41-46-43(7)18-12-14-29-13-9-10-16-33(29)44(43,8)49-41/h9-11,13,15-17,19-24H,12,14,18H2,1-8H3/t43-,44+/m1/s1. The number of benzene rings is 4. The molecule has 0 saturated heterocycles. The molecule has 4 aromatic carbocycles. The van der Waals surface area contributed by atoms with Crippen molar-refractivity contribution in [3.8, 4) is 17.2 Å². The van der Waals surface area contributed by atoms with Gasteiger partial charge < -0.3 is 9.47 Å². The Bertz CT molecular complexity index is 2430. The van der Waals surface area contributed by atoms with Crippen LogP contribution in [0, 0.1) is 27.7 Å². The summed E-state index contributed by atoms with van der Waals surface area (Å²) < 4.78 is 16.3. The Morgan fingerprint density at radius 1 is 0.755 bits per heavy atom. The molecule has 49 heavy (non-hydrogen) atoms. The molecule has 9 rings (SSSR count). The van der Waals surface area contributed by atoms with Crippen LogP contribution in [0.3, 0.4) is 0 Å². The maximum absolute atomic E-state index is 6.99. The van der Waals surface area contributed by atoms with Crippen molar-refractivity contribution >= 4 is 27.8 Å². The second kappa shape index (κ2) is 10.1. The molecule has 6 aromatic rings. The Kier molecular flexibility index (Phi) is 6.20. The SMILES string of the molecule is Cc1cnc2c(c1)c1cccc3c1n2-c1cc(Oc2cc(C4=N[C@]5(C)CCCc6ccccc6[C@]5(C)O4)c(C)cc2C)c(C)cc1C3(C)C. The van der Waals surface area contributed by atoms with Crippen molar-refractivity contribution in [1.82, 2.24) is 9.55 Å². The molecule has 2 aliphatic heterocycles. The van der Waals surface area contributed by atoms with Gasteiger partial charge in [0.15, 0.2) is 5.60 Å². The van der Waals surface area contributed by atoms with E-state index in [1.807, 2.05) is 6.20 Å². The van der Waals surface area contributed by atoms with Crippen LogP contribution in [0.2, 0.25) is 0 Å². The van der Waals surface area contributed by atoms with E-state index in [2.05, 4.69) is 133 Å². The Labute approximate surface area is 288 Å². The number of ether oxygens (including phenoxy) is 2. The number of pyridine rings is 1. The minimum atomic E-state index is -0.538. The van der Waals surface area contributed by atoms with Crippen LogP contribution in [0.1, 0.15) is 90.6 Å². The topological polar surface area (TPSA) is 48.6 Å². The summed E-state index contributed by atoms with van der Waals surface area (Å²) in [5.41, 5.74) is 12.9. The van der Waals surface area contributed by atoms with Gasteiger partial charge in [-0.3, -0.25) is 4.57 Å². The molecular weight excluding hydrogens is 603 g/mol. The van der Waals surface area contributed by atoms with E-state index in [0.29, 0.717) is 5.90 Å². The molecule has 0 N–H and O–H groups in total. The number of hydrogen-bond donors (Lipinski definition) is 0. The van der Waals surface area contributed by atoms with Crippen molar-refractivity contribution < 1.29 is 9.47 Å². The van der Waals surface area contributed by atoms with Gasteiger partial charge in [0.25, 0.3) is 0 Å². The first-order valence-corrected chi connectivity index (χ1v) is 17.6. The predicted octanol–water partition coefficient (Wildman–Crippen LogP) is 10.6. The summed E-state index contributed by atoms with van der Waals surface area (Å²) in [5.74, 6) is 2.35. The molecule has 0 unspecified atom stereocenters. The number of fused-ring (bicyclic) bond motifs is 8. The minimum absolute atomic E-state index is 0.192. The molecule has 0 spiro atoms. The molecule has 0 amide bonds. The first kappa shape index (κ1) is 30.2. The highest BCUT2D eigenvalue weighted by atomic mass is 16.5. The highest BCUT2D eigenvalue weighted by Crippen LogP contribution is 2.52. The zero-order valence-corrected chi connectivity index (χ0v) is 29.8. The van der Waals surface area contributed by atoms with Gasteiger partial charge in [0.2, 0.25) is 5.90 Å². The van der Waals surface area contributed by atoms with Gasteiger partial charge in [-0.25, -0.2) is 9.98 Å². The van der Waals surface area contributed by atoms with Crippen LogP contribution in [0.15, 0.2) is 84.0 Å². The van der Waals surface area contributed by atoms with E-state index >= 15 is 0 Å². The van der Waals surface area contributed by atoms with Crippen molar-refractivity contribution in [1.29, 1.82) is 0 Å². The summed E-state index contributed by atoms with van der Waals surface area (Å²) in [6, 6.07) is 26.6. The average molecular weight is 646 g/mol.